The summed E-state index contributed by atoms with van der Waals surface area (Å²) in [6, 6.07) is 16.9. The van der Waals surface area contributed by atoms with E-state index >= 15 is 0 Å². The molecule has 3 aromatic rings. The van der Waals surface area contributed by atoms with Crippen molar-refractivity contribution in [3.63, 3.8) is 0 Å². The minimum atomic E-state index is -3.58. The fourth-order valence-electron chi connectivity index (χ4n) is 4.46. The summed E-state index contributed by atoms with van der Waals surface area (Å²) < 4.78 is 34.5. The van der Waals surface area contributed by atoms with Crippen molar-refractivity contribution in [1.29, 1.82) is 0 Å². The third-order valence-corrected chi connectivity index (χ3v) is 7.40. The Morgan fingerprint density at radius 3 is 2.72 bits per heavy atom. The minimum absolute atomic E-state index is 0.150. The molecular weight excluding hydrogens is 424 g/mol. The van der Waals surface area contributed by atoms with Crippen LogP contribution in [0.25, 0.3) is 0 Å². The van der Waals surface area contributed by atoms with Gasteiger partial charge in [0.05, 0.1) is 6.20 Å². The van der Waals surface area contributed by atoms with Gasteiger partial charge in [-0.2, -0.15) is 5.10 Å². The van der Waals surface area contributed by atoms with Crippen LogP contribution in [0.1, 0.15) is 22.6 Å². The standard InChI is InChI=1S/C24H30N4O3S/c1-25-15-20-13-19-8-9-21(14-24(19)23(20)12-18-6-4-3-5-7-18)31-11-10-27-32(29,30)22-16-26-28(2)17-22/h3-9,14,16-17,20,23,25,27H,10-13,15H2,1-2H3. The maximum Gasteiger partial charge on any atom is 0.243 e. The zero-order chi connectivity index (χ0) is 22.6. The number of aryl methyl sites for hydroxylation is 1. The Hall–Kier alpha value is -2.68. The van der Waals surface area contributed by atoms with Crippen LogP contribution < -0.4 is 14.8 Å². The summed E-state index contributed by atoms with van der Waals surface area (Å²) in [4.78, 5) is 0.150. The lowest BCUT2D eigenvalue weighted by atomic mass is 9.86. The molecule has 2 atom stereocenters. The molecular formula is C24H30N4O3S. The molecule has 0 bridgehead atoms. The smallest absolute Gasteiger partial charge is 0.243 e. The molecule has 0 aliphatic heterocycles. The minimum Gasteiger partial charge on any atom is -0.492 e. The van der Waals surface area contributed by atoms with E-state index in [1.165, 1.54) is 33.8 Å². The van der Waals surface area contributed by atoms with Crippen LogP contribution in [0.3, 0.4) is 0 Å². The van der Waals surface area contributed by atoms with E-state index in [4.69, 9.17) is 4.74 Å². The van der Waals surface area contributed by atoms with Crippen LogP contribution in [-0.2, 0) is 29.9 Å². The summed E-state index contributed by atoms with van der Waals surface area (Å²) in [5, 5.41) is 7.25. The number of hydrogen-bond acceptors (Lipinski definition) is 5. The highest BCUT2D eigenvalue weighted by Gasteiger charge is 2.32. The molecule has 1 heterocycles. The van der Waals surface area contributed by atoms with Crippen LogP contribution in [-0.4, -0.2) is 44.9 Å². The number of aromatic nitrogens is 2. The first-order chi connectivity index (χ1) is 15.5. The fraction of sp³-hybridized carbons (Fsp3) is 0.375. The summed E-state index contributed by atoms with van der Waals surface area (Å²) in [6.45, 7) is 1.41. The molecule has 8 heteroatoms. The molecule has 0 fully saturated rings. The Bertz CT molecular complexity index is 1150. The van der Waals surface area contributed by atoms with E-state index in [1.807, 2.05) is 19.2 Å². The molecule has 2 aromatic carbocycles. The molecule has 4 rings (SSSR count). The molecule has 32 heavy (non-hydrogen) atoms. The van der Waals surface area contributed by atoms with Crippen molar-refractivity contribution >= 4 is 10.0 Å². The van der Waals surface area contributed by atoms with E-state index in [0.717, 1.165) is 25.1 Å². The van der Waals surface area contributed by atoms with Gasteiger partial charge in [0.1, 0.15) is 17.3 Å². The van der Waals surface area contributed by atoms with Crippen molar-refractivity contribution in [2.45, 2.75) is 23.7 Å². The highest BCUT2D eigenvalue weighted by Crippen LogP contribution is 2.41. The second-order valence-corrected chi connectivity index (χ2v) is 10.0. The third-order valence-electron chi connectivity index (χ3n) is 5.99. The van der Waals surface area contributed by atoms with Crippen LogP contribution in [0.5, 0.6) is 5.75 Å². The van der Waals surface area contributed by atoms with Gasteiger partial charge in [0, 0.05) is 19.8 Å². The lowest BCUT2D eigenvalue weighted by molar-refractivity contribution is 0.322. The van der Waals surface area contributed by atoms with Crippen LogP contribution in [0, 0.1) is 5.92 Å². The normalized spacial score (nSPS) is 17.9. The molecule has 0 amide bonds. The Morgan fingerprint density at radius 1 is 1.19 bits per heavy atom. The van der Waals surface area contributed by atoms with E-state index < -0.39 is 10.0 Å². The van der Waals surface area contributed by atoms with Gasteiger partial charge in [0.2, 0.25) is 10.0 Å². The van der Waals surface area contributed by atoms with E-state index in [-0.39, 0.29) is 18.0 Å². The van der Waals surface area contributed by atoms with Gasteiger partial charge in [0.15, 0.2) is 0 Å². The van der Waals surface area contributed by atoms with E-state index in [0.29, 0.717) is 11.8 Å². The summed E-state index contributed by atoms with van der Waals surface area (Å²) in [7, 11) is 0.106. The average Bonchev–Trinajstić information content (AvgIpc) is 3.37. The molecule has 0 radical (unpaired) electrons. The first-order valence-electron chi connectivity index (χ1n) is 10.9. The van der Waals surface area contributed by atoms with Gasteiger partial charge in [-0.1, -0.05) is 36.4 Å². The number of nitrogens with one attached hydrogen (secondary N) is 2. The summed E-state index contributed by atoms with van der Waals surface area (Å²) in [5.41, 5.74) is 4.04. The number of rotatable bonds is 10. The number of hydrogen-bond donors (Lipinski definition) is 2. The van der Waals surface area contributed by atoms with Crippen molar-refractivity contribution < 1.29 is 13.2 Å². The highest BCUT2D eigenvalue weighted by molar-refractivity contribution is 7.89. The number of fused-ring (bicyclic) bond motifs is 1. The molecule has 0 saturated heterocycles. The van der Waals surface area contributed by atoms with E-state index in [1.54, 1.807) is 7.05 Å². The maximum absolute atomic E-state index is 12.3. The van der Waals surface area contributed by atoms with Crippen LogP contribution in [0.4, 0.5) is 0 Å². The fourth-order valence-corrected chi connectivity index (χ4v) is 5.46. The van der Waals surface area contributed by atoms with Crippen molar-refractivity contribution in [3.05, 3.63) is 77.6 Å². The van der Waals surface area contributed by atoms with Crippen LogP contribution >= 0.6 is 0 Å². The molecule has 2 N–H and O–H groups in total. The Morgan fingerprint density at radius 2 is 2.00 bits per heavy atom. The average molecular weight is 455 g/mol. The second-order valence-electron chi connectivity index (χ2n) is 8.27. The molecule has 1 aliphatic rings. The predicted octanol–water partition coefficient (Wildman–Crippen LogP) is 2.50. The van der Waals surface area contributed by atoms with Crippen molar-refractivity contribution in [2.24, 2.45) is 13.0 Å². The van der Waals surface area contributed by atoms with E-state index in [2.05, 4.69) is 51.5 Å². The predicted molar refractivity (Wildman–Crippen MR) is 124 cm³/mol. The van der Waals surface area contributed by atoms with Gasteiger partial charge < -0.3 is 10.1 Å². The van der Waals surface area contributed by atoms with Gasteiger partial charge in [-0.05, 0) is 67.1 Å². The number of benzene rings is 2. The first kappa shape index (κ1) is 22.5. The SMILES string of the molecule is CNCC1Cc2ccc(OCCNS(=O)(=O)c3cnn(C)c3)cc2C1Cc1ccccc1. The molecule has 1 aliphatic carbocycles. The molecule has 7 nitrogen and oxygen atoms in total. The topological polar surface area (TPSA) is 85.2 Å². The van der Waals surface area contributed by atoms with Crippen molar-refractivity contribution in [1.82, 2.24) is 19.8 Å². The Labute approximate surface area is 189 Å². The van der Waals surface area contributed by atoms with Crippen LogP contribution in [0.15, 0.2) is 65.8 Å². The Balaban J connectivity index is 1.40. The molecule has 2 unspecified atom stereocenters. The second kappa shape index (κ2) is 9.85. The number of nitrogens with zero attached hydrogens (tertiary/aromatic N) is 2. The van der Waals surface area contributed by atoms with Crippen molar-refractivity contribution in [2.75, 3.05) is 26.7 Å². The molecule has 1 aromatic heterocycles. The van der Waals surface area contributed by atoms with Crippen LogP contribution in [0.2, 0.25) is 0 Å². The lowest BCUT2D eigenvalue weighted by Crippen LogP contribution is -2.28. The zero-order valence-electron chi connectivity index (χ0n) is 18.5. The van der Waals surface area contributed by atoms with Gasteiger partial charge in [0.25, 0.3) is 0 Å². The summed E-state index contributed by atoms with van der Waals surface area (Å²) in [5.74, 6) is 1.73. The summed E-state index contributed by atoms with van der Waals surface area (Å²) in [6.07, 6.45) is 4.85. The van der Waals surface area contributed by atoms with Gasteiger partial charge in [-0.3, -0.25) is 4.68 Å². The van der Waals surface area contributed by atoms with Gasteiger partial charge in [-0.15, -0.1) is 0 Å². The molecule has 170 valence electrons. The third kappa shape index (κ3) is 5.20. The number of ether oxygens (including phenoxy) is 1. The summed E-state index contributed by atoms with van der Waals surface area (Å²) >= 11 is 0. The molecule has 0 saturated carbocycles. The monoisotopic (exact) mass is 454 g/mol. The molecule has 0 spiro atoms. The Kier molecular flexibility index (Phi) is 6.93. The largest absolute Gasteiger partial charge is 0.492 e. The zero-order valence-corrected chi connectivity index (χ0v) is 19.3. The number of sulfonamides is 1. The maximum atomic E-state index is 12.3. The van der Waals surface area contributed by atoms with Gasteiger partial charge in [-0.25, -0.2) is 13.1 Å². The lowest BCUT2D eigenvalue weighted by Gasteiger charge is -2.21. The van der Waals surface area contributed by atoms with E-state index in [9.17, 15) is 8.42 Å². The van der Waals surface area contributed by atoms with Crippen molar-refractivity contribution in [3.8, 4) is 5.75 Å². The highest BCUT2D eigenvalue weighted by atomic mass is 32.2. The first-order valence-corrected chi connectivity index (χ1v) is 12.4. The quantitative estimate of drug-likeness (QED) is 0.460. The van der Waals surface area contributed by atoms with Gasteiger partial charge >= 0.3 is 0 Å².